The maximum absolute atomic E-state index is 9.00. The summed E-state index contributed by atoms with van der Waals surface area (Å²) in [4.78, 5) is 18.0. The van der Waals surface area contributed by atoms with Crippen LogP contribution in [0.3, 0.4) is 0 Å². The average Bonchev–Trinajstić information content (AvgIpc) is 1.25. The minimum absolute atomic E-state index is 0. The van der Waals surface area contributed by atoms with Crippen molar-refractivity contribution in [3.63, 3.8) is 0 Å². The zero-order chi connectivity index (χ0) is 7.15. The monoisotopic (exact) mass is 263 g/mol. The van der Waals surface area contributed by atoms with E-state index in [0.717, 1.165) is 13.8 Å². The number of hydrogen-bond acceptors (Lipinski definition) is 2. The van der Waals surface area contributed by atoms with E-state index < -0.39 is 11.9 Å². The molecular formula is C4H9BrCuO4. The molecule has 0 spiro atoms. The molecule has 0 fully saturated rings. The van der Waals surface area contributed by atoms with Gasteiger partial charge in [-0.15, -0.1) is 17.0 Å². The zero-order valence-electron chi connectivity index (χ0n) is 5.42. The molecule has 0 aromatic rings. The van der Waals surface area contributed by atoms with Crippen molar-refractivity contribution in [2.75, 3.05) is 0 Å². The van der Waals surface area contributed by atoms with Gasteiger partial charge >= 0.3 is 0 Å². The second kappa shape index (κ2) is 16.0. The van der Waals surface area contributed by atoms with Gasteiger partial charge in [-0.05, 0) is 0 Å². The molecule has 1 radical (unpaired) electrons. The normalized spacial score (nSPS) is 5.00. The van der Waals surface area contributed by atoms with Gasteiger partial charge in [-0.3, -0.25) is 9.59 Å². The van der Waals surface area contributed by atoms with E-state index in [1.807, 2.05) is 0 Å². The molecule has 0 aromatic heterocycles. The third-order valence-corrected chi connectivity index (χ3v) is 0. The van der Waals surface area contributed by atoms with Gasteiger partial charge in [-0.2, -0.15) is 0 Å². The molecule has 0 amide bonds. The predicted molar refractivity (Wildman–Crippen MR) is 36.9 cm³/mol. The number of carboxylic acid groups (broad SMARTS) is 2. The summed E-state index contributed by atoms with van der Waals surface area (Å²) in [7, 11) is 0. The van der Waals surface area contributed by atoms with Gasteiger partial charge in [0.1, 0.15) is 0 Å². The molecule has 0 bridgehead atoms. The van der Waals surface area contributed by atoms with Crippen LogP contribution in [0.2, 0.25) is 0 Å². The standard InChI is InChI=1S/2C2H4O2.BrH.Cu/c2*1-2(3)4;;/h2*1H3,(H,3,4);1H;. The Kier molecular flexibility index (Phi) is 36.0. The Bertz CT molecular complexity index is 75.3. The summed E-state index contributed by atoms with van der Waals surface area (Å²) in [6.45, 7) is 2.17. The van der Waals surface area contributed by atoms with Crippen molar-refractivity contribution in [2.45, 2.75) is 13.8 Å². The first kappa shape index (κ1) is 22.5. The summed E-state index contributed by atoms with van der Waals surface area (Å²) < 4.78 is 0. The second-order valence-electron chi connectivity index (χ2n) is 1.04. The molecule has 0 aromatic carbocycles. The molecule has 0 unspecified atom stereocenters. The fraction of sp³-hybridized carbons (Fsp3) is 0.500. The molecule has 0 saturated carbocycles. The van der Waals surface area contributed by atoms with E-state index in [1.165, 1.54) is 0 Å². The van der Waals surface area contributed by atoms with E-state index in [0.29, 0.717) is 0 Å². The smallest absolute Gasteiger partial charge is 0.300 e. The van der Waals surface area contributed by atoms with Gasteiger partial charge in [0.25, 0.3) is 11.9 Å². The number of rotatable bonds is 0. The summed E-state index contributed by atoms with van der Waals surface area (Å²) in [6.07, 6.45) is 0. The number of carboxylic acids is 2. The van der Waals surface area contributed by atoms with Crippen molar-refractivity contribution >= 4 is 28.9 Å². The average molecular weight is 265 g/mol. The Labute approximate surface area is 79.9 Å². The molecule has 2 N–H and O–H groups in total. The molecule has 10 heavy (non-hydrogen) atoms. The number of carbonyl (C=O) groups is 2. The van der Waals surface area contributed by atoms with Crippen LogP contribution in [0.15, 0.2) is 0 Å². The van der Waals surface area contributed by atoms with Gasteiger partial charge in [0, 0.05) is 30.9 Å². The molecule has 4 nitrogen and oxygen atoms in total. The van der Waals surface area contributed by atoms with Crippen molar-refractivity contribution in [3.8, 4) is 0 Å². The maximum atomic E-state index is 9.00. The summed E-state index contributed by atoms with van der Waals surface area (Å²) in [5, 5.41) is 14.8. The van der Waals surface area contributed by atoms with Gasteiger partial charge in [0.2, 0.25) is 0 Å². The zero-order valence-corrected chi connectivity index (χ0v) is 8.08. The minimum Gasteiger partial charge on any atom is -0.481 e. The molecule has 67 valence electrons. The van der Waals surface area contributed by atoms with Crippen LogP contribution >= 0.6 is 17.0 Å². The minimum atomic E-state index is -0.833. The van der Waals surface area contributed by atoms with Crippen LogP contribution in [0.4, 0.5) is 0 Å². The van der Waals surface area contributed by atoms with Gasteiger partial charge < -0.3 is 10.2 Å². The SMILES string of the molecule is Br.CC(=O)O.CC(=O)O.[Cu]. The van der Waals surface area contributed by atoms with E-state index >= 15 is 0 Å². The Morgan fingerprint density at radius 2 is 1.00 bits per heavy atom. The fourth-order valence-electron chi connectivity index (χ4n) is 0. The third-order valence-electron chi connectivity index (χ3n) is 0. The van der Waals surface area contributed by atoms with E-state index in [2.05, 4.69) is 0 Å². The Morgan fingerprint density at radius 3 is 1.00 bits per heavy atom. The molecule has 0 atom stereocenters. The van der Waals surface area contributed by atoms with Crippen LogP contribution in [-0.2, 0) is 26.7 Å². The van der Waals surface area contributed by atoms with Crippen molar-refractivity contribution in [3.05, 3.63) is 0 Å². The van der Waals surface area contributed by atoms with E-state index in [9.17, 15) is 0 Å². The van der Waals surface area contributed by atoms with Gasteiger partial charge in [0.05, 0.1) is 0 Å². The quantitative estimate of drug-likeness (QED) is 0.634. The summed E-state index contributed by atoms with van der Waals surface area (Å²) in [6, 6.07) is 0. The van der Waals surface area contributed by atoms with E-state index in [4.69, 9.17) is 19.8 Å². The first-order valence-electron chi connectivity index (χ1n) is 1.86. The van der Waals surface area contributed by atoms with Crippen LogP contribution in [0, 0.1) is 0 Å². The molecular weight excluding hydrogens is 255 g/mol. The number of hydrogen-bond donors (Lipinski definition) is 2. The van der Waals surface area contributed by atoms with Gasteiger partial charge in [-0.1, -0.05) is 0 Å². The Balaban J connectivity index is -0.0000000300. The predicted octanol–water partition coefficient (Wildman–Crippen LogP) is 0.757. The largest absolute Gasteiger partial charge is 0.481 e. The van der Waals surface area contributed by atoms with Crippen LogP contribution < -0.4 is 0 Å². The third kappa shape index (κ3) is 104000. The second-order valence-corrected chi connectivity index (χ2v) is 1.04. The molecule has 0 aliphatic rings. The summed E-state index contributed by atoms with van der Waals surface area (Å²) in [5.74, 6) is -1.67. The first-order chi connectivity index (χ1) is 3.46. The molecule has 0 saturated heterocycles. The Morgan fingerprint density at radius 1 is 1.00 bits per heavy atom. The maximum Gasteiger partial charge on any atom is 0.300 e. The van der Waals surface area contributed by atoms with Crippen LogP contribution in [0.1, 0.15) is 13.8 Å². The molecule has 0 aliphatic carbocycles. The summed E-state index contributed by atoms with van der Waals surface area (Å²) >= 11 is 0. The fourth-order valence-corrected chi connectivity index (χ4v) is 0. The number of halogens is 1. The molecule has 0 heterocycles. The molecule has 0 aliphatic heterocycles. The van der Waals surface area contributed by atoms with E-state index in [1.54, 1.807) is 0 Å². The molecule has 6 heteroatoms. The van der Waals surface area contributed by atoms with Crippen LogP contribution in [0.5, 0.6) is 0 Å². The topological polar surface area (TPSA) is 74.6 Å². The first-order valence-corrected chi connectivity index (χ1v) is 1.86. The molecule has 0 rings (SSSR count). The summed E-state index contributed by atoms with van der Waals surface area (Å²) in [5.41, 5.74) is 0. The number of aliphatic carboxylic acids is 2. The van der Waals surface area contributed by atoms with Crippen LogP contribution in [-0.4, -0.2) is 22.2 Å². The van der Waals surface area contributed by atoms with E-state index in [-0.39, 0.29) is 34.1 Å². The van der Waals surface area contributed by atoms with Crippen molar-refractivity contribution < 1.29 is 36.9 Å². The van der Waals surface area contributed by atoms with Crippen LogP contribution in [0.25, 0.3) is 0 Å². The van der Waals surface area contributed by atoms with Crippen molar-refractivity contribution in [2.24, 2.45) is 0 Å². The van der Waals surface area contributed by atoms with Crippen molar-refractivity contribution in [1.29, 1.82) is 0 Å². The van der Waals surface area contributed by atoms with Crippen molar-refractivity contribution in [1.82, 2.24) is 0 Å². The van der Waals surface area contributed by atoms with Gasteiger partial charge in [0.15, 0.2) is 0 Å². The van der Waals surface area contributed by atoms with Gasteiger partial charge in [-0.25, -0.2) is 0 Å². The Hall–Kier alpha value is -0.0605.